The fourth-order valence-corrected chi connectivity index (χ4v) is 1.88. The van der Waals surface area contributed by atoms with E-state index in [0.29, 0.717) is 6.61 Å². The van der Waals surface area contributed by atoms with Gasteiger partial charge in [0.05, 0.1) is 12.3 Å². The molecule has 1 aromatic carbocycles. The topological polar surface area (TPSA) is 38.5 Å². The molecule has 0 radical (unpaired) electrons. The third kappa shape index (κ3) is 2.89. The molecule has 0 heterocycles. The highest BCUT2D eigenvalue weighted by Gasteiger charge is 2.04. The van der Waals surface area contributed by atoms with Crippen LogP contribution in [0.2, 0.25) is 0 Å². The van der Waals surface area contributed by atoms with Crippen LogP contribution in [0.1, 0.15) is 0 Å². The molecule has 0 aliphatic rings. The van der Waals surface area contributed by atoms with Gasteiger partial charge in [0.1, 0.15) is 0 Å². The summed E-state index contributed by atoms with van der Waals surface area (Å²) in [4.78, 5) is 2.12. The van der Waals surface area contributed by atoms with Crippen molar-refractivity contribution < 1.29 is 4.74 Å². The summed E-state index contributed by atoms with van der Waals surface area (Å²) in [6.45, 7) is 1.58. The van der Waals surface area contributed by atoms with Gasteiger partial charge in [-0.1, -0.05) is 0 Å². The molecule has 2 N–H and O–H groups in total. The van der Waals surface area contributed by atoms with E-state index < -0.39 is 0 Å². The summed E-state index contributed by atoms with van der Waals surface area (Å²) in [7, 11) is 3.72. The molecule has 1 aromatic rings. The number of likely N-dealkylation sites (N-methyl/N-ethyl adjacent to an activating group) is 1. The van der Waals surface area contributed by atoms with Crippen molar-refractivity contribution in [1.29, 1.82) is 0 Å². The second-order valence-electron chi connectivity index (χ2n) is 3.13. The number of methoxy groups -OCH3 is 1. The molecule has 4 heteroatoms. The first kappa shape index (κ1) is 11.3. The highest BCUT2D eigenvalue weighted by Crippen LogP contribution is 2.27. The van der Waals surface area contributed by atoms with E-state index in [4.69, 9.17) is 10.5 Å². The summed E-state index contributed by atoms with van der Waals surface area (Å²) in [5, 5.41) is 0. The van der Waals surface area contributed by atoms with Crippen molar-refractivity contribution in [1.82, 2.24) is 0 Å². The van der Waals surface area contributed by atoms with Gasteiger partial charge < -0.3 is 15.4 Å². The molecule has 0 aliphatic heterocycles. The number of rotatable bonds is 4. The lowest BCUT2D eigenvalue weighted by Gasteiger charge is -2.20. The molecule has 3 nitrogen and oxygen atoms in total. The van der Waals surface area contributed by atoms with Crippen LogP contribution in [-0.2, 0) is 4.74 Å². The largest absolute Gasteiger partial charge is 0.399 e. The predicted octanol–water partition coefficient (Wildman–Crippen LogP) is 2.11. The molecule has 0 bridgehead atoms. The molecule has 0 spiro atoms. The van der Waals surface area contributed by atoms with Gasteiger partial charge in [-0.25, -0.2) is 0 Å². The molecule has 0 saturated carbocycles. The number of hydrogen-bond donors (Lipinski definition) is 1. The summed E-state index contributed by atoms with van der Waals surface area (Å²) in [5.41, 5.74) is 7.54. The quantitative estimate of drug-likeness (QED) is 0.842. The normalized spacial score (nSPS) is 10.2. The molecule has 14 heavy (non-hydrogen) atoms. The number of halogens is 1. The van der Waals surface area contributed by atoms with Gasteiger partial charge in [-0.05, 0) is 34.1 Å². The molecular formula is C10H15BrN2O. The van der Waals surface area contributed by atoms with E-state index >= 15 is 0 Å². The Labute approximate surface area is 93.0 Å². The van der Waals surface area contributed by atoms with Crippen molar-refractivity contribution in [2.45, 2.75) is 0 Å². The number of nitrogens with zero attached hydrogens (tertiary/aromatic N) is 1. The van der Waals surface area contributed by atoms with Gasteiger partial charge in [0, 0.05) is 30.9 Å². The number of benzene rings is 1. The van der Waals surface area contributed by atoms with Crippen molar-refractivity contribution in [3.8, 4) is 0 Å². The summed E-state index contributed by atoms with van der Waals surface area (Å²) in [5.74, 6) is 0. The minimum Gasteiger partial charge on any atom is -0.399 e. The summed E-state index contributed by atoms with van der Waals surface area (Å²) in [6, 6.07) is 5.79. The Morgan fingerprint density at radius 3 is 2.79 bits per heavy atom. The van der Waals surface area contributed by atoms with Crippen LogP contribution < -0.4 is 10.6 Å². The Kier molecular flexibility index (Phi) is 4.22. The third-order valence-electron chi connectivity index (χ3n) is 2.01. The van der Waals surface area contributed by atoms with E-state index in [0.717, 1.165) is 22.4 Å². The van der Waals surface area contributed by atoms with Crippen LogP contribution >= 0.6 is 15.9 Å². The maximum absolute atomic E-state index is 5.65. The molecule has 0 amide bonds. The number of ether oxygens (including phenoxy) is 1. The van der Waals surface area contributed by atoms with Crippen molar-refractivity contribution in [2.75, 3.05) is 37.9 Å². The van der Waals surface area contributed by atoms with Gasteiger partial charge in [0.25, 0.3) is 0 Å². The molecule has 0 fully saturated rings. The van der Waals surface area contributed by atoms with Crippen molar-refractivity contribution in [3.63, 3.8) is 0 Å². The maximum Gasteiger partial charge on any atom is 0.0637 e. The second kappa shape index (κ2) is 5.22. The maximum atomic E-state index is 5.65. The fourth-order valence-electron chi connectivity index (χ4n) is 1.18. The number of nitrogen functional groups attached to an aromatic ring is 1. The zero-order valence-corrected chi connectivity index (χ0v) is 10.0. The Bertz CT molecular complexity index is 304. The van der Waals surface area contributed by atoms with Crippen molar-refractivity contribution >= 4 is 27.3 Å². The minimum atomic E-state index is 0.716. The Hall–Kier alpha value is -0.740. The molecule has 78 valence electrons. The zero-order valence-electron chi connectivity index (χ0n) is 8.46. The van der Waals surface area contributed by atoms with E-state index in [1.807, 2.05) is 25.2 Å². The number of hydrogen-bond acceptors (Lipinski definition) is 3. The first-order chi connectivity index (χ1) is 6.65. The highest BCUT2D eigenvalue weighted by atomic mass is 79.9. The zero-order chi connectivity index (χ0) is 10.6. The van der Waals surface area contributed by atoms with E-state index in [-0.39, 0.29) is 0 Å². The molecular weight excluding hydrogens is 244 g/mol. The summed E-state index contributed by atoms with van der Waals surface area (Å²) in [6.07, 6.45) is 0. The van der Waals surface area contributed by atoms with Crippen LogP contribution in [-0.4, -0.2) is 27.3 Å². The lowest BCUT2D eigenvalue weighted by Crippen LogP contribution is -2.22. The lowest BCUT2D eigenvalue weighted by molar-refractivity contribution is 0.206. The predicted molar refractivity (Wildman–Crippen MR) is 63.7 cm³/mol. The summed E-state index contributed by atoms with van der Waals surface area (Å²) >= 11 is 3.48. The van der Waals surface area contributed by atoms with Crippen LogP contribution in [0.15, 0.2) is 22.7 Å². The smallest absolute Gasteiger partial charge is 0.0637 e. The first-order valence-corrected chi connectivity index (χ1v) is 5.19. The van der Waals surface area contributed by atoms with Crippen LogP contribution in [0.3, 0.4) is 0 Å². The fraction of sp³-hybridized carbons (Fsp3) is 0.400. The van der Waals surface area contributed by atoms with Gasteiger partial charge in [-0.3, -0.25) is 0 Å². The van der Waals surface area contributed by atoms with Gasteiger partial charge >= 0.3 is 0 Å². The van der Waals surface area contributed by atoms with E-state index in [2.05, 4.69) is 20.8 Å². The van der Waals surface area contributed by atoms with Crippen molar-refractivity contribution in [2.24, 2.45) is 0 Å². The van der Waals surface area contributed by atoms with Gasteiger partial charge in [0.15, 0.2) is 0 Å². The standard InChI is InChI=1S/C10H15BrN2O/c1-13(5-6-14-2)10-4-3-8(12)7-9(10)11/h3-4,7H,5-6,12H2,1-2H3. The van der Waals surface area contributed by atoms with Gasteiger partial charge in [-0.2, -0.15) is 0 Å². The minimum absolute atomic E-state index is 0.716. The van der Waals surface area contributed by atoms with Gasteiger partial charge in [-0.15, -0.1) is 0 Å². The second-order valence-corrected chi connectivity index (χ2v) is 3.98. The Balaban J connectivity index is 2.74. The van der Waals surface area contributed by atoms with E-state index in [1.165, 1.54) is 0 Å². The Morgan fingerprint density at radius 2 is 2.21 bits per heavy atom. The average Bonchev–Trinajstić information content (AvgIpc) is 2.14. The molecule has 1 rings (SSSR count). The first-order valence-electron chi connectivity index (χ1n) is 4.40. The van der Waals surface area contributed by atoms with Crippen LogP contribution in [0.25, 0.3) is 0 Å². The SMILES string of the molecule is COCCN(C)c1ccc(N)cc1Br. The van der Waals surface area contributed by atoms with Crippen LogP contribution in [0, 0.1) is 0 Å². The number of nitrogens with two attached hydrogens (primary N) is 1. The molecule has 0 atom stereocenters. The van der Waals surface area contributed by atoms with Crippen LogP contribution in [0.4, 0.5) is 11.4 Å². The molecule has 0 unspecified atom stereocenters. The third-order valence-corrected chi connectivity index (χ3v) is 2.65. The monoisotopic (exact) mass is 258 g/mol. The average molecular weight is 259 g/mol. The van der Waals surface area contributed by atoms with E-state index in [9.17, 15) is 0 Å². The summed E-state index contributed by atoms with van der Waals surface area (Å²) < 4.78 is 6.03. The van der Waals surface area contributed by atoms with E-state index in [1.54, 1.807) is 7.11 Å². The van der Waals surface area contributed by atoms with Crippen LogP contribution in [0.5, 0.6) is 0 Å². The highest BCUT2D eigenvalue weighted by molar-refractivity contribution is 9.10. The molecule has 0 aliphatic carbocycles. The van der Waals surface area contributed by atoms with Gasteiger partial charge in [0.2, 0.25) is 0 Å². The Morgan fingerprint density at radius 1 is 1.50 bits per heavy atom. The molecule has 0 aromatic heterocycles. The number of anilines is 2. The lowest BCUT2D eigenvalue weighted by atomic mass is 10.2. The van der Waals surface area contributed by atoms with Crippen molar-refractivity contribution in [3.05, 3.63) is 22.7 Å². The molecule has 0 saturated heterocycles.